The van der Waals surface area contributed by atoms with E-state index in [0.29, 0.717) is 12.0 Å². The number of aryl methyl sites for hydroxylation is 2. The number of hydrogen-bond donors (Lipinski definition) is 0. The van der Waals surface area contributed by atoms with Crippen LogP contribution in [0.25, 0.3) is 0 Å². The number of rotatable bonds is 4. The van der Waals surface area contributed by atoms with Gasteiger partial charge < -0.3 is 9.42 Å². The van der Waals surface area contributed by atoms with Gasteiger partial charge in [-0.25, -0.2) is 0 Å². The molecular formula is C18H30N4O2. The van der Waals surface area contributed by atoms with Gasteiger partial charge in [0.25, 0.3) is 0 Å². The molecule has 6 heteroatoms. The molecule has 0 aromatic carbocycles. The Hall–Kier alpha value is -1.40. The van der Waals surface area contributed by atoms with Crippen LogP contribution in [-0.2, 0) is 11.3 Å². The first-order chi connectivity index (χ1) is 11.4. The van der Waals surface area contributed by atoms with Gasteiger partial charge in [-0.15, -0.1) is 0 Å². The second-order valence-corrected chi connectivity index (χ2v) is 7.87. The third kappa shape index (κ3) is 3.64. The summed E-state index contributed by atoms with van der Waals surface area (Å²) >= 11 is 0. The first-order valence-corrected chi connectivity index (χ1v) is 8.95. The van der Waals surface area contributed by atoms with Gasteiger partial charge in [-0.1, -0.05) is 5.16 Å². The van der Waals surface area contributed by atoms with E-state index in [1.54, 1.807) is 4.90 Å². The summed E-state index contributed by atoms with van der Waals surface area (Å²) in [4.78, 5) is 18.6. The average molecular weight is 334 g/mol. The number of carbonyl (C=O) groups is 1. The average Bonchev–Trinajstić information content (AvgIpc) is 3.05. The van der Waals surface area contributed by atoms with Gasteiger partial charge >= 0.3 is 0 Å². The van der Waals surface area contributed by atoms with Gasteiger partial charge in [-0.2, -0.15) is 0 Å². The maximum atomic E-state index is 12.0. The first kappa shape index (κ1) is 17.4. The summed E-state index contributed by atoms with van der Waals surface area (Å²) < 4.78 is 5.30. The van der Waals surface area contributed by atoms with E-state index in [9.17, 15) is 4.79 Å². The van der Waals surface area contributed by atoms with Crippen molar-refractivity contribution in [1.29, 1.82) is 0 Å². The molecule has 1 amide bonds. The molecule has 6 nitrogen and oxygen atoms in total. The van der Waals surface area contributed by atoms with Crippen LogP contribution >= 0.6 is 0 Å². The van der Waals surface area contributed by atoms with Crippen molar-refractivity contribution in [3.05, 3.63) is 17.0 Å². The number of likely N-dealkylation sites (N-methyl/N-ethyl adjacent to an activating group) is 1. The summed E-state index contributed by atoms with van der Waals surface area (Å²) in [5.41, 5.74) is 2.60. The van der Waals surface area contributed by atoms with Crippen molar-refractivity contribution >= 4 is 5.91 Å². The number of piperidine rings is 1. The summed E-state index contributed by atoms with van der Waals surface area (Å²) in [6.45, 7) is 9.83. The molecule has 0 N–H and O–H groups in total. The lowest BCUT2D eigenvalue weighted by Gasteiger charge is -2.40. The molecule has 0 bridgehead atoms. The van der Waals surface area contributed by atoms with Gasteiger partial charge in [0.1, 0.15) is 5.76 Å². The molecule has 2 aliphatic heterocycles. The molecule has 1 unspecified atom stereocenters. The van der Waals surface area contributed by atoms with E-state index >= 15 is 0 Å². The third-order valence-electron chi connectivity index (χ3n) is 5.68. The monoisotopic (exact) mass is 334 g/mol. The van der Waals surface area contributed by atoms with Crippen LogP contribution in [-0.4, -0.2) is 72.6 Å². The van der Waals surface area contributed by atoms with Crippen LogP contribution in [0.4, 0.5) is 0 Å². The second kappa shape index (κ2) is 6.84. The number of amides is 1. The normalized spacial score (nSPS) is 25.5. The zero-order valence-electron chi connectivity index (χ0n) is 15.5. The Morgan fingerprint density at radius 2 is 1.96 bits per heavy atom. The summed E-state index contributed by atoms with van der Waals surface area (Å²) in [5, 5.41) is 4.07. The Morgan fingerprint density at radius 3 is 2.62 bits per heavy atom. The number of carbonyl (C=O) groups excluding carboxylic acids is 1. The zero-order valence-corrected chi connectivity index (χ0v) is 15.5. The number of likely N-dealkylation sites (tertiary alicyclic amines) is 2. The summed E-state index contributed by atoms with van der Waals surface area (Å²) in [7, 11) is 3.67. The largest absolute Gasteiger partial charge is 0.361 e. The van der Waals surface area contributed by atoms with Crippen molar-refractivity contribution in [3.8, 4) is 0 Å². The maximum absolute atomic E-state index is 12.0. The molecule has 2 fully saturated rings. The highest BCUT2D eigenvalue weighted by molar-refractivity contribution is 5.77. The minimum absolute atomic E-state index is 0.206. The Bertz CT molecular complexity index is 578. The van der Waals surface area contributed by atoms with Crippen molar-refractivity contribution in [1.82, 2.24) is 19.9 Å². The predicted octanol–water partition coefficient (Wildman–Crippen LogP) is 1.67. The minimum Gasteiger partial charge on any atom is -0.361 e. The Labute approximate surface area is 144 Å². The van der Waals surface area contributed by atoms with Gasteiger partial charge in [-0.3, -0.25) is 14.6 Å². The Kier molecular flexibility index (Phi) is 4.97. The van der Waals surface area contributed by atoms with Crippen LogP contribution in [0.3, 0.4) is 0 Å². The highest BCUT2D eigenvalue weighted by atomic mass is 16.5. The standard InChI is InChI=1S/C18H30N4O2/c1-14-16(15(2)24-19-14)10-22-9-7-18(13-22)6-5-8-21(12-18)11-17(23)20(3)4/h5-13H2,1-4H3. The van der Waals surface area contributed by atoms with E-state index in [2.05, 4.69) is 15.0 Å². The fourth-order valence-electron chi connectivity index (χ4n) is 4.22. The summed E-state index contributed by atoms with van der Waals surface area (Å²) in [5.74, 6) is 1.15. The van der Waals surface area contributed by atoms with Crippen molar-refractivity contribution in [3.63, 3.8) is 0 Å². The molecule has 3 rings (SSSR count). The number of nitrogens with zero attached hydrogens (tertiary/aromatic N) is 4. The van der Waals surface area contributed by atoms with Crippen molar-refractivity contribution < 1.29 is 9.32 Å². The Morgan fingerprint density at radius 1 is 1.21 bits per heavy atom. The van der Waals surface area contributed by atoms with Crippen LogP contribution < -0.4 is 0 Å². The molecule has 0 aliphatic carbocycles. The SMILES string of the molecule is Cc1noc(C)c1CN1CCC2(CCCN(CC(=O)N(C)C)C2)C1. The molecule has 2 saturated heterocycles. The number of aromatic nitrogens is 1. The smallest absolute Gasteiger partial charge is 0.236 e. The van der Waals surface area contributed by atoms with E-state index < -0.39 is 0 Å². The molecule has 1 aromatic heterocycles. The van der Waals surface area contributed by atoms with Gasteiger partial charge in [0, 0.05) is 39.3 Å². The minimum atomic E-state index is 0.206. The van der Waals surface area contributed by atoms with Crippen LogP contribution in [0.2, 0.25) is 0 Å². The van der Waals surface area contributed by atoms with Crippen molar-refractivity contribution in [2.45, 2.75) is 39.7 Å². The van der Waals surface area contributed by atoms with Crippen molar-refractivity contribution in [2.75, 3.05) is 46.8 Å². The van der Waals surface area contributed by atoms with Crippen LogP contribution in [0, 0.1) is 19.3 Å². The van der Waals surface area contributed by atoms with Gasteiger partial charge in [0.2, 0.25) is 5.91 Å². The summed E-state index contributed by atoms with van der Waals surface area (Å²) in [6, 6.07) is 0. The molecule has 1 spiro atoms. The Balaban J connectivity index is 1.60. The first-order valence-electron chi connectivity index (χ1n) is 8.95. The van der Waals surface area contributed by atoms with E-state index in [1.807, 2.05) is 27.9 Å². The molecular weight excluding hydrogens is 304 g/mol. The molecule has 2 aliphatic rings. The lowest BCUT2D eigenvalue weighted by molar-refractivity contribution is -0.130. The van der Waals surface area contributed by atoms with E-state index in [-0.39, 0.29) is 5.91 Å². The van der Waals surface area contributed by atoms with Crippen LogP contribution in [0.5, 0.6) is 0 Å². The lowest BCUT2D eigenvalue weighted by Crippen LogP contribution is -2.48. The zero-order chi connectivity index (χ0) is 17.3. The third-order valence-corrected chi connectivity index (χ3v) is 5.68. The molecule has 24 heavy (non-hydrogen) atoms. The molecule has 0 saturated carbocycles. The number of hydrogen-bond acceptors (Lipinski definition) is 5. The van der Waals surface area contributed by atoms with Crippen molar-refractivity contribution in [2.24, 2.45) is 5.41 Å². The highest BCUT2D eigenvalue weighted by Crippen LogP contribution is 2.39. The predicted molar refractivity (Wildman–Crippen MR) is 92.7 cm³/mol. The fourth-order valence-corrected chi connectivity index (χ4v) is 4.22. The lowest BCUT2D eigenvalue weighted by atomic mass is 9.79. The van der Waals surface area contributed by atoms with Crippen LogP contribution in [0.15, 0.2) is 4.52 Å². The second-order valence-electron chi connectivity index (χ2n) is 7.87. The van der Waals surface area contributed by atoms with E-state index in [1.165, 1.54) is 24.8 Å². The topological polar surface area (TPSA) is 52.8 Å². The fraction of sp³-hybridized carbons (Fsp3) is 0.778. The maximum Gasteiger partial charge on any atom is 0.236 e. The molecule has 1 atom stereocenters. The molecule has 0 radical (unpaired) electrons. The van der Waals surface area contributed by atoms with E-state index in [0.717, 1.165) is 44.2 Å². The van der Waals surface area contributed by atoms with Crippen LogP contribution in [0.1, 0.15) is 36.3 Å². The van der Waals surface area contributed by atoms with Gasteiger partial charge in [0.15, 0.2) is 0 Å². The molecule has 134 valence electrons. The van der Waals surface area contributed by atoms with Gasteiger partial charge in [-0.05, 0) is 51.6 Å². The highest BCUT2D eigenvalue weighted by Gasteiger charge is 2.41. The van der Waals surface area contributed by atoms with Gasteiger partial charge in [0.05, 0.1) is 12.2 Å². The molecule has 3 heterocycles. The summed E-state index contributed by atoms with van der Waals surface area (Å²) in [6.07, 6.45) is 3.70. The van der Waals surface area contributed by atoms with E-state index in [4.69, 9.17) is 4.52 Å². The molecule has 1 aromatic rings. The quantitative estimate of drug-likeness (QED) is 0.838.